The molecular weight excluding hydrogens is 338 g/mol. The fourth-order valence-corrected chi connectivity index (χ4v) is 4.22. The molecule has 0 spiro atoms. The van der Waals surface area contributed by atoms with E-state index in [2.05, 4.69) is 15.1 Å². The Kier molecular flexibility index (Phi) is 3.81. The van der Waals surface area contributed by atoms with Crippen molar-refractivity contribution in [1.29, 1.82) is 0 Å². The highest BCUT2D eigenvalue weighted by molar-refractivity contribution is 7.89. The van der Waals surface area contributed by atoms with Crippen molar-refractivity contribution in [3.8, 4) is 11.1 Å². The summed E-state index contributed by atoms with van der Waals surface area (Å²) in [7, 11) is -1.31. The summed E-state index contributed by atoms with van der Waals surface area (Å²) in [5, 5.41) is 5.10. The molecule has 1 aliphatic heterocycles. The molecule has 7 nitrogen and oxygen atoms in total. The molecule has 0 saturated carbocycles. The number of rotatable bonds is 3. The van der Waals surface area contributed by atoms with Crippen LogP contribution in [0.15, 0.2) is 30.7 Å². The summed E-state index contributed by atoms with van der Waals surface area (Å²) in [5.41, 5.74) is 4.55. The van der Waals surface area contributed by atoms with Crippen LogP contribution in [0, 0.1) is 0 Å². The average molecular weight is 357 g/mol. The van der Waals surface area contributed by atoms with Crippen LogP contribution in [-0.2, 0) is 30.0 Å². The van der Waals surface area contributed by atoms with E-state index in [-0.39, 0.29) is 5.75 Å². The number of aryl methyl sites for hydroxylation is 1. The Bertz CT molecular complexity index is 1060. The summed E-state index contributed by atoms with van der Waals surface area (Å²) in [6.45, 7) is 2.54. The SMILES string of the molecule is CCS(=O)(=O)N1CCc2nc3ncc(-c4cnn(C)c4)cc3cc2C1. The Morgan fingerprint density at radius 3 is 2.76 bits per heavy atom. The first-order valence-electron chi connectivity index (χ1n) is 8.21. The largest absolute Gasteiger partial charge is 0.275 e. The minimum absolute atomic E-state index is 0.121. The van der Waals surface area contributed by atoms with Gasteiger partial charge in [-0.2, -0.15) is 9.40 Å². The number of hydrogen-bond acceptors (Lipinski definition) is 5. The lowest BCUT2D eigenvalue weighted by molar-refractivity contribution is 0.389. The van der Waals surface area contributed by atoms with Crippen molar-refractivity contribution >= 4 is 21.1 Å². The molecule has 0 radical (unpaired) electrons. The number of fused-ring (bicyclic) bond motifs is 2. The quantitative estimate of drug-likeness (QED) is 0.713. The Balaban J connectivity index is 1.75. The molecule has 0 saturated heterocycles. The van der Waals surface area contributed by atoms with E-state index in [1.165, 1.54) is 0 Å². The zero-order valence-corrected chi connectivity index (χ0v) is 15.0. The number of sulfonamides is 1. The fourth-order valence-electron chi connectivity index (χ4n) is 3.15. The van der Waals surface area contributed by atoms with Crippen molar-refractivity contribution in [2.75, 3.05) is 12.3 Å². The highest BCUT2D eigenvalue weighted by Gasteiger charge is 2.26. The fraction of sp³-hybridized carbons (Fsp3) is 0.353. The van der Waals surface area contributed by atoms with Gasteiger partial charge in [-0.25, -0.2) is 18.4 Å². The average Bonchev–Trinajstić information content (AvgIpc) is 3.05. The minimum atomic E-state index is -3.19. The van der Waals surface area contributed by atoms with E-state index in [4.69, 9.17) is 0 Å². The molecule has 0 amide bonds. The molecule has 0 aliphatic carbocycles. The molecule has 1 aliphatic rings. The Morgan fingerprint density at radius 1 is 1.20 bits per heavy atom. The summed E-state index contributed by atoms with van der Waals surface area (Å²) in [4.78, 5) is 9.12. The molecule has 4 heterocycles. The molecule has 0 bridgehead atoms. The van der Waals surface area contributed by atoms with Gasteiger partial charge in [0.25, 0.3) is 0 Å². The Hall–Kier alpha value is -2.32. The van der Waals surface area contributed by atoms with Crippen LogP contribution in [0.3, 0.4) is 0 Å². The smallest absolute Gasteiger partial charge is 0.214 e. The van der Waals surface area contributed by atoms with E-state index in [1.807, 2.05) is 25.4 Å². The molecular formula is C17H19N5O2S. The molecule has 3 aromatic heterocycles. The van der Waals surface area contributed by atoms with Gasteiger partial charge in [0, 0.05) is 61.2 Å². The van der Waals surface area contributed by atoms with E-state index < -0.39 is 10.0 Å². The van der Waals surface area contributed by atoms with Gasteiger partial charge in [0.05, 0.1) is 11.9 Å². The molecule has 0 N–H and O–H groups in total. The van der Waals surface area contributed by atoms with Gasteiger partial charge in [-0.1, -0.05) is 0 Å². The van der Waals surface area contributed by atoms with Crippen molar-refractivity contribution in [3.05, 3.63) is 42.0 Å². The van der Waals surface area contributed by atoms with Gasteiger partial charge in [0.15, 0.2) is 5.65 Å². The van der Waals surface area contributed by atoms with E-state index in [0.29, 0.717) is 25.2 Å². The van der Waals surface area contributed by atoms with Crippen LogP contribution in [-0.4, -0.2) is 44.8 Å². The molecule has 0 aromatic carbocycles. The predicted octanol–water partition coefficient (Wildman–Crippen LogP) is 1.74. The van der Waals surface area contributed by atoms with Gasteiger partial charge in [-0.3, -0.25) is 4.68 Å². The monoisotopic (exact) mass is 357 g/mol. The molecule has 0 unspecified atom stereocenters. The summed E-state index contributed by atoms with van der Waals surface area (Å²) in [6, 6.07) is 4.04. The Morgan fingerprint density at radius 2 is 2.04 bits per heavy atom. The third kappa shape index (κ3) is 2.91. The van der Waals surface area contributed by atoms with Gasteiger partial charge in [-0.05, 0) is 24.6 Å². The van der Waals surface area contributed by atoms with Crippen LogP contribution in [0.25, 0.3) is 22.2 Å². The highest BCUT2D eigenvalue weighted by atomic mass is 32.2. The molecule has 8 heteroatoms. The molecule has 0 fully saturated rings. The first kappa shape index (κ1) is 16.2. The van der Waals surface area contributed by atoms with Crippen LogP contribution >= 0.6 is 0 Å². The number of hydrogen-bond donors (Lipinski definition) is 0. The Labute approximate surface area is 146 Å². The molecule has 25 heavy (non-hydrogen) atoms. The molecule has 4 rings (SSSR count). The van der Waals surface area contributed by atoms with Gasteiger partial charge < -0.3 is 0 Å². The normalized spacial score (nSPS) is 15.4. The maximum absolute atomic E-state index is 12.2. The van der Waals surface area contributed by atoms with Crippen molar-refractivity contribution in [2.45, 2.75) is 19.9 Å². The van der Waals surface area contributed by atoms with Crippen LogP contribution in [0.2, 0.25) is 0 Å². The first-order chi connectivity index (χ1) is 12.0. The lowest BCUT2D eigenvalue weighted by Gasteiger charge is -2.27. The number of aromatic nitrogens is 4. The standard InChI is InChI=1S/C17H19N5O2S/c1-3-25(23,24)22-5-4-16-14(11-22)7-12-6-13(8-18-17(12)20-16)15-9-19-21(2)10-15/h6-10H,3-5,11H2,1-2H3. The maximum Gasteiger partial charge on any atom is 0.214 e. The summed E-state index contributed by atoms with van der Waals surface area (Å²) >= 11 is 0. The van der Waals surface area contributed by atoms with Crippen molar-refractivity contribution in [1.82, 2.24) is 24.1 Å². The zero-order chi connectivity index (χ0) is 17.6. The molecule has 130 valence electrons. The van der Waals surface area contributed by atoms with E-state index in [9.17, 15) is 8.42 Å². The third-order valence-corrected chi connectivity index (χ3v) is 6.41. The van der Waals surface area contributed by atoms with Crippen LogP contribution in [0.5, 0.6) is 0 Å². The van der Waals surface area contributed by atoms with E-state index in [1.54, 1.807) is 28.3 Å². The second-order valence-electron chi connectivity index (χ2n) is 6.25. The summed E-state index contributed by atoms with van der Waals surface area (Å²) in [5.74, 6) is 0.121. The third-order valence-electron chi connectivity index (χ3n) is 4.58. The van der Waals surface area contributed by atoms with Gasteiger partial charge in [-0.15, -0.1) is 0 Å². The molecule has 0 atom stereocenters. The number of nitrogens with zero attached hydrogens (tertiary/aromatic N) is 5. The topological polar surface area (TPSA) is 81.0 Å². The lowest BCUT2D eigenvalue weighted by Crippen LogP contribution is -2.37. The van der Waals surface area contributed by atoms with Crippen molar-refractivity contribution < 1.29 is 8.42 Å². The van der Waals surface area contributed by atoms with E-state index in [0.717, 1.165) is 27.8 Å². The summed E-state index contributed by atoms with van der Waals surface area (Å²) < 4.78 is 27.6. The van der Waals surface area contributed by atoms with Crippen LogP contribution < -0.4 is 0 Å². The van der Waals surface area contributed by atoms with Gasteiger partial charge >= 0.3 is 0 Å². The zero-order valence-electron chi connectivity index (χ0n) is 14.2. The minimum Gasteiger partial charge on any atom is -0.275 e. The predicted molar refractivity (Wildman–Crippen MR) is 95.3 cm³/mol. The molecule has 3 aromatic rings. The van der Waals surface area contributed by atoms with Gasteiger partial charge in [0.1, 0.15) is 0 Å². The summed E-state index contributed by atoms with van der Waals surface area (Å²) in [6.07, 6.45) is 6.15. The lowest BCUT2D eigenvalue weighted by atomic mass is 10.0. The van der Waals surface area contributed by atoms with E-state index >= 15 is 0 Å². The maximum atomic E-state index is 12.2. The van der Waals surface area contributed by atoms with Crippen LogP contribution in [0.1, 0.15) is 18.2 Å². The second kappa shape index (κ2) is 5.89. The first-order valence-corrected chi connectivity index (χ1v) is 9.82. The van der Waals surface area contributed by atoms with Gasteiger partial charge in [0.2, 0.25) is 10.0 Å². The van der Waals surface area contributed by atoms with Crippen LogP contribution in [0.4, 0.5) is 0 Å². The number of pyridine rings is 2. The van der Waals surface area contributed by atoms with Crippen molar-refractivity contribution in [2.24, 2.45) is 7.05 Å². The van der Waals surface area contributed by atoms with Crippen molar-refractivity contribution in [3.63, 3.8) is 0 Å². The second-order valence-corrected chi connectivity index (χ2v) is 8.51. The highest BCUT2D eigenvalue weighted by Crippen LogP contribution is 2.26.